The molecule has 0 aromatic carbocycles. The topological polar surface area (TPSA) is 26.3 Å². The summed E-state index contributed by atoms with van der Waals surface area (Å²) < 4.78 is 4.26. The number of carbonyl (C=O) groups excluding carboxylic acids is 1. The first kappa shape index (κ1) is 6.12. The zero-order valence-corrected chi connectivity index (χ0v) is 5.75. The summed E-state index contributed by atoms with van der Waals surface area (Å²) in [7, 11) is 1.38. The van der Waals surface area contributed by atoms with Crippen molar-refractivity contribution in [1.29, 1.82) is 0 Å². The van der Waals surface area contributed by atoms with Gasteiger partial charge in [-0.3, -0.25) is 0 Å². The van der Waals surface area contributed by atoms with Crippen molar-refractivity contribution in [3.05, 3.63) is 0 Å². The van der Waals surface area contributed by atoms with Crippen molar-refractivity contribution < 1.29 is 28.4 Å². The number of hydrogen-bond donors (Lipinski definition) is 0. The van der Waals surface area contributed by atoms with Crippen molar-refractivity contribution in [3.8, 4) is 0 Å². The molecule has 0 spiro atoms. The Kier molecular flexibility index (Phi) is 3.38. The van der Waals surface area contributed by atoms with E-state index in [1.54, 1.807) is 18.9 Å². The average Bonchev–Trinajstić information content (AvgIpc) is 1.65. The summed E-state index contributed by atoms with van der Waals surface area (Å²) in [5, 5.41) is 0. The fourth-order valence-corrected chi connectivity index (χ4v) is 0.394. The zero-order chi connectivity index (χ0) is 4.99. The summed E-state index contributed by atoms with van der Waals surface area (Å²) >= 11 is 1.76. The summed E-state index contributed by atoms with van der Waals surface area (Å²) in [6, 6.07) is 0. The van der Waals surface area contributed by atoms with Crippen LogP contribution in [0.2, 0.25) is 4.93 Å². The SMILES string of the molecule is COC(=O)[CH2][Ir]. The van der Waals surface area contributed by atoms with Gasteiger partial charge in [-0.25, -0.2) is 0 Å². The Labute approximate surface area is 47.0 Å². The molecule has 0 saturated heterocycles. The van der Waals surface area contributed by atoms with Crippen molar-refractivity contribution in [1.82, 2.24) is 0 Å². The Morgan fingerprint density at radius 3 is 2.50 bits per heavy atom. The Bertz CT molecular complexity index is 46.8. The van der Waals surface area contributed by atoms with Gasteiger partial charge in [0.1, 0.15) is 0 Å². The van der Waals surface area contributed by atoms with Gasteiger partial charge in [-0.05, 0) is 0 Å². The minimum atomic E-state index is -0.157. The van der Waals surface area contributed by atoms with Crippen molar-refractivity contribution in [2.45, 2.75) is 4.93 Å². The molecule has 0 heterocycles. The van der Waals surface area contributed by atoms with E-state index < -0.39 is 0 Å². The van der Waals surface area contributed by atoms with Gasteiger partial charge >= 0.3 is 46.4 Å². The maximum atomic E-state index is 9.96. The van der Waals surface area contributed by atoms with E-state index in [4.69, 9.17) is 0 Å². The molecule has 6 heavy (non-hydrogen) atoms. The van der Waals surface area contributed by atoms with Gasteiger partial charge < -0.3 is 0 Å². The molecule has 0 aliphatic carbocycles. The van der Waals surface area contributed by atoms with Crippen LogP contribution < -0.4 is 0 Å². The standard InChI is InChI=1S/C3H5O2.Ir/c1-3(4)5-2;/h1H2,2H3;. The van der Waals surface area contributed by atoms with Crippen LogP contribution in [0.1, 0.15) is 0 Å². The van der Waals surface area contributed by atoms with Gasteiger partial charge in [0, 0.05) is 0 Å². The van der Waals surface area contributed by atoms with Crippen molar-refractivity contribution in [2.75, 3.05) is 7.11 Å². The van der Waals surface area contributed by atoms with E-state index in [1.807, 2.05) is 0 Å². The van der Waals surface area contributed by atoms with E-state index in [0.717, 1.165) is 0 Å². The predicted molar refractivity (Wildman–Crippen MR) is 16.8 cm³/mol. The van der Waals surface area contributed by atoms with Crippen LogP contribution in [0, 0.1) is 0 Å². The molecule has 0 aromatic rings. The Morgan fingerprint density at radius 1 is 2.00 bits per heavy atom. The second-order valence-electron chi connectivity index (χ2n) is 0.694. The maximum absolute atomic E-state index is 9.96. The van der Waals surface area contributed by atoms with Gasteiger partial charge in [-0.15, -0.1) is 0 Å². The normalized spacial score (nSPS) is 7.83. The van der Waals surface area contributed by atoms with E-state index in [9.17, 15) is 4.79 Å². The molecule has 0 fully saturated rings. The molecule has 0 aliphatic rings. The molecular formula is C3H5IrO2. The Balaban J connectivity index is 2.99. The third-order valence-corrected chi connectivity index (χ3v) is 1.02. The Morgan fingerprint density at radius 2 is 2.50 bits per heavy atom. The minimum absolute atomic E-state index is 0.157. The van der Waals surface area contributed by atoms with Crippen LogP contribution in [0.15, 0.2) is 0 Å². The number of ether oxygens (including phenoxy) is 1. The first-order chi connectivity index (χ1) is 2.81. The van der Waals surface area contributed by atoms with Crippen LogP contribution in [-0.4, -0.2) is 13.1 Å². The molecule has 0 rings (SSSR count). The first-order valence-corrected chi connectivity index (χ1v) is 3.10. The number of rotatable bonds is 1. The van der Waals surface area contributed by atoms with Crippen LogP contribution in [-0.2, 0) is 28.4 Å². The molecule has 38 valence electrons. The van der Waals surface area contributed by atoms with Crippen LogP contribution in [0.5, 0.6) is 0 Å². The molecule has 0 aliphatic heterocycles. The third kappa shape index (κ3) is 2.36. The summed E-state index contributed by atoms with van der Waals surface area (Å²) in [6.45, 7) is 0. The third-order valence-electron chi connectivity index (χ3n) is 0.324. The fraction of sp³-hybridized carbons (Fsp3) is 0.667. The van der Waals surface area contributed by atoms with E-state index in [1.165, 1.54) is 7.11 Å². The molecule has 0 bridgehead atoms. The summed E-state index contributed by atoms with van der Waals surface area (Å²) in [5.74, 6) is -0.157. The van der Waals surface area contributed by atoms with Gasteiger partial charge in [0.2, 0.25) is 0 Å². The number of esters is 1. The Hall–Kier alpha value is 0.119. The second-order valence-corrected chi connectivity index (χ2v) is 1.54. The van der Waals surface area contributed by atoms with Crippen molar-refractivity contribution >= 4 is 5.97 Å². The molecule has 3 heteroatoms. The summed E-state index contributed by atoms with van der Waals surface area (Å²) in [6.07, 6.45) is 0. The molecule has 0 aromatic heterocycles. The van der Waals surface area contributed by atoms with Gasteiger partial charge in [-0.1, -0.05) is 0 Å². The molecule has 0 radical (unpaired) electrons. The van der Waals surface area contributed by atoms with Crippen LogP contribution in [0.3, 0.4) is 0 Å². The number of hydrogen-bond acceptors (Lipinski definition) is 2. The molecule has 0 unspecified atom stereocenters. The molecule has 2 nitrogen and oxygen atoms in total. The average molecular weight is 265 g/mol. The van der Waals surface area contributed by atoms with Gasteiger partial charge in [0.25, 0.3) is 0 Å². The van der Waals surface area contributed by atoms with Crippen LogP contribution in [0.25, 0.3) is 0 Å². The number of methoxy groups -OCH3 is 1. The molecular weight excluding hydrogens is 260 g/mol. The van der Waals surface area contributed by atoms with Crippen LogP contribution >= 0.6 is 0 Å². The second kappa shape index (κ2) is 3.31. The first-order valence-electron chi connectivity index (χ1n) is 1.41. The van der Waals surface area contributed by atoms with E-state index >= 15 is 0 Å². The monoisotopic (exact) mass is 266 g/mol. The van der Waals surface area contributed by atoms with E-state index in [-0.39, 0.29) is 5.97 Å². The quantitative estimate of drug-likeness (QED) is 0.630. The zero-order valence-electron chi connectivity index (χ0n) is 3.36. The van der Waals surface area contributed by atoms with E-state index in [0.29, 0.717) is 4.93 Å². The van der Waals surface area contributed by atoms with E-state index in [2.05, 4.69) is 4.74 Å². The molecule has 0 N–H and O–H groups in total. The molecule has 0 atom stereocenters. The molecule has 0 saturated carbocycles. The number of carbonyl (C=O) groups is 1. The summed E-state index contributed by atoms with van der Waals surface area (Å²) in [4.78, 5) is 10.4. The van der Waals surface area contributed by atoms with Crippen molar-refractivity contribution in [3.63, 3.8) is 0 Å². The predicted octanol–water partition coefficient (Wildman–Crippen LogP) is 0.124. The van der Waals surface area contributed by atoms with Crippen LogP contribution in [0.4, 0.5) is 0 Å². The fourth-order valence-electron chi connectivity index (χ4n) is 0.0481. The van der Waals surface area contributed by atoms with Gasteiger partial charge in [0.15, 0.2) is 0 Å². The van der Waals surface area contributed by atoms with Gasteiger partial charge in [-0.2, -0.15) is 0 Å². The summed E-state index contributed by atoms with van der Waals surface area (Å²) in [5.41, 5.74) is 0. The molecule has 0 amide bonds. The van der Waals surface area contributed by atoms with Crippen molar-refractivity contribution in [2.24, 2.45) is 0 Å². The van der Waals surface area contributed by atoms with Gasteiger partial charge in [0.05, 0.1) is 0 Å².